The highest BCUT2D eigenvalue weighted by molar-refractivity contribution is 5.74. The molecule has 0 aromatic heterocycles. The van der Waals surface area contributed by atoms with Crippen LogP contribution >= 0.6 is 0 Å². The highest BCUT2D eigenvalue weighted by atomic mass is 19.3. The molecule has 1 aliphatic carbocycles. The molecular formula is C16H25F2N5O4. The minimum absolute atomic E-state index is 0.0818. The van der Waals surface area contributed by atoms with Gasteiger partial charge in [0.1, 0.15) is 0 Å². The van der Waals surface area contributed by atoms with Gasteiger partial charge in [0.15, 0.2) is 6.23 Å². The third-order valence-corrected chi connectivity index (χ3v) is 6.26. The van der Waals surface area contributed by atoms with E-state index in [9.17, 15) is 13.6 Å². The van der Waals surface area contributed by atoms with Crippen LogP contribution < -0.4 is 21.5 Å². The van der Waals surface area contributed by atoms with E-state index in [4.69, 9.17) is 9.47 Å². The molecule has 152 valence electrons. The SMILES string of the molecule is O=C1OC(C2CCC(N3CCNC3)NN2)NC2CC3OC(F)(F)OC3CC12. The molecule has 0 spiro atoms. The molecule has 4 aliphatic heterocycles. The predicted octanol–water partition coefficient (Wildman–Crippen LogP) is -0.983. The maximum Gasteiger partial charge on any atom is 0.486 e. The van der Waals surface area contributed by atoms with Crippen molar-refractivity contribution in [1.82, 2.24) is 26.4 Å². The van der Waals surface area contributed by atoms with E-state index in [2.05, 4.69) is 31.1 Å². The topological polar surface area (TPSA) is 96.1 Å². The Hall–Kier alpha value is -0.950. The van der Waals surface area contributed by atoms with Gasteiger partial charge in [0.25, 0.3) is 0 Å². The van der Waals surface area contributed by atoms with Crippen LogP contribution in [0.15, 0.2) is 0 Å². The van der Waals surface area contributed by atoms with Gasteiger partial charge in [-0.1, -0.05) is 0 Å². The Morgan fingerprint density at radius 2 is 1.89 bits per heavy atom. The fraction of sp³-hybridized carbons (Fsp3) is 0.938. The van der Waals surface area contributed by atoms with Crippen molar-refractivity contribution < 1.29 is 27.8 Å². The molecule has 27 heavy (non-hydrogen) atoms. The highest BCUT2D eigenvalue weighted by Gasteiger charge is 2.56. The number of halogens is 2. The summed E-state index contributed by atoms with van der Waals surface area (Å²) in [5.74, 6) is -0.839. The summed E-state index contributed by atoms with van der Waals surface area (Å²) in [7, 11) is 0. The van der Waals surface area contributed by atoms with E-state index in [0.717, 1.165) is 32.6 Å². The highest BCUT2D eigenvalue weighted by Crippen LogP contribution is 2.42. The number of esters is 1. The molecule has 5 aliphatic rings. The van der Waals surface area contributed by atoms with Gasteiger partial charge in [-0.25, -0.2) is 10.9 Å². The zero-order chi connectivity index (χ0) is 18.6. The summed E-state index contributed by atoms with van der Waals surface area (Å²) in [5, 5.41) is 6.63. The molecule has 7 unspecified atom stereocenters. The van der Waals surface area contributed by atoms with Crippen LogP contribution in [0.5, 0.6) is 0 Å². The number of cyclic esters (lactones) is 1. The number of alkyl halides is 2. The number of ether oxygens (including phenoxy) is 3. The van der Waals surface area contributed by atoms with Crippen molar-refractivity contribution in [1.29, 1.82) is 0 Å². The molecule has 0 amide bonds. The van der Waals surface area contributed by atoms with Crippen molar-refractivity contribution in [2.24, 2.45) is 5.92 Å². The van der Waals surface area contributed by atoms with E-state index >= 15 is 0 Å². The first-order valence-electron chi connectivity index (χ1n) is 9.64. The summed E-state index contributed by atoms with van der Waals surface area (Å²) in [6.45, 7) is 2.85. The van der Waals surface area contributed by atoms with Gasteiger partial charge in [0.2, 0.25) is 0 Å². The van der Waals surface area contributed by atoms with Crippen LogP contribution in [0, 0.1) is 5.92 Å². The van der Waals surface area contributed by atoms with Crippen LogP contribution in [-0.2, 0) is 19.0 Å². The Balaban J connectivity index is 1.19. The molecule has 1 saturated carbocycles. The van der Waals surface area contributed by atoms with Gasteiger partial charge in [-0.2, -0.15) is 0 Å². The van der Waals surface area contributed by atoms with E-state index in [0.29, 0.717) is 6.42 Å². The lowest BCUT2D eigenvalue weighted by molar-refractivity contribution is -0.351. The molecule has 4 saturated heterocycles. The normalized spacial score (nSPS) is 47.3. The molecular weight excluding hydrogens is 364 g/mol. The number of hydrogen-bond donors (Lipinski definition) is 4. The fourth-order valence-electron chi connectivity index (χ4n) is 4.84. The van der Waals surface area contributed by atoms with Crippen molar-refractivity contribution in [3.8, 4) is 0 Å². The summed E-state index contributed by atoms with van der Waals surface area (Å²) in [6, 6.07) is -0.334. The van der Waals surface area contributed by atoms with Crippen molar-refractivity contribution >= 4 is 5.97 Å². The number of hydrogen-bond acceptors (Lipinski definition) is 9. The molecule has 0 aromatic carbocycles. The lowest BCUT2D eigenvalue weighted by atomic mass is 9.80. The Morgan fingerprint density at radius 1 is 1.07 bits per heavy atom. The second-order valence-electron chi connectivity index (χ2n) is 7.94. The van der Waals surface area contributed by atoms with Crippen molar-refractivity contribution in [3.63, 3.8) is 0 Å². The summed E-state index contributed by atoms with van der Waals surface area (Å²) < 4.78 is 41.6. The number of hydrazine groups is 1. The van der Waals surface area contributed by atoms with E-state index in [1.807, 2.05) is 0 Å². The Bertz CT molecular complexity index is 585. The molecule has 5 rings (SSSR count). The zero-order valence-electron chi connectivity index (χ0n) is 14.8. The molecule has 4 N–H and O–H groups in total. The first kappa shape index (κ1) is 18.1. The van der Waals surface area contributed by atoms with Crippen LogP contribution in [0.1, 0.15) is 25.7 Å². The Kier molecular flexibility index (Phi) is 4.58. The smallest absolute Gasteiger partial charge is 0.445 e. The lowest BCUT2D eigenvalue weighted by Crippen LogP contribution is -2.68. The van der Waals surface area contributed by atoms with Crippen LogP contribution in [0.3, 0.4) is 0 Å². The summed E-state index contributed by atoms with van der Waals surface area (Å²) in [5.41, 5.74) is 6.56. The Morgan fingerprint density at radius 3 is 2.59 bits per heavy atom. The van der Waals surface area contributed by atoms with Crippen LogP contribution in [0.2, 0.25) is 0 Å². The third-order valence-electron chi connectivity index (χ3n) is 6.26. The van der Waals surface area contributed by atoms with Crippen molar-refractivity contribution in [2.45, 2.75) is 68.7 Å². The van der Waals surface area contributed by atoms with Crippen LogP contribution in [-0.4, -0.2) is 73.6 Å². The van der Waals surface area contributed by atoms with Crippen LogP contribution in [0.4, 0.5) is 8.78 Å². The number of nitrogens with one attached hydrogen (secondary N) is 4. The average molecular weight is 389 g/mol. The Labute approximate surface area is 155 Å². The average Bonchev–Trinajstić information content (AvgIpc) is 3.26. The standard InChI is InChI=1S/C16H25F2N5O4/c17-16(18)26-11-5-8-10(6-12(11)27-16)20-14(25-15(8)24)9-1-2-13(22-21-9)23-4-3-19-7-23/h8-14,19-22H,1-7H2. The second kappa shape index (κ2) is 6.83. The van der Waals surface area contributed by atoms with E-state index in [1.165, 1.54) is 0 Å². The molecule has 0 aromatic rings. The van der Waals surface area contributed by atoms with Gasteiger partial charge >= 0.3 is 12.3 Å². The quantitative estimate of drug-likeness (QED) is 0.444. The molecule has 0 radical (unpaired) electrons. The van der Waals surface area contributed by atoms with Gasteiger partial charge in [0, 0.05) is 25.8 Å². The predicted molar refractivity (Wildman–Crippen MR) is 86.9 cm³/mol. The summed E-state index contributed by atoms with van der Waals surface area (Å²) >= 11 is 0. The minimum atomic E-state index is -3.57. The number of rotatable bonds is 2. The molecule has 11 heteroatoms. The van der Waals surface area contributed by atoms with Gasteiger partial charge < -0.3 is 10.1 Å². The number of nitrogens with zero attached hydrogens (tertiary/aromatic N) is 1. The van der Waals surface area contributed by atoms with Gasteiger partial charge in [-0.05, 0) is 25.7 Å². The lowest BCUT2D eigenvalue weighted by Gasteiger charge is -2.45. The first-order chi connectivity index (χ1) is 13.0. The summed E-state index contributed by atoms with van der Waals surface area (Å²) in [6.07, 6.45) is -3.05. The maximum absolute atomic E-state index is 13.3. The molecule has 7 atom stereocenters. The zero-order valence-corrected chi connectivity index (χ0v) is 14.8. The van der Waals surface area contributed by atoms with Crippen molar-refractivity contribution in [2.75, 3.05) is 19.8 Å². The minimum Gasteiger partial charge on any atom is -0.445 e. The van der Waals surface area contributed by atoms with Crippen molar-refractivity contribution in [3.05, 3.63) is 0 Å². The molecule has 5 fully saturated rings. The molecule has 9 nitrogen and oxygen atoms in total. The van der Waals surface area contributed by atoms with E-state index < -0.39 is 30.6 Å². The van der Waals surface area contributed by atoms with Gasteiger partial charge in [-0.15, -0.1) is 8.78 Å². The number of fused-ring (bicyclic) bond motifs is 2. The number of carbonyl (C=O) groups excluding carboxylic acids is 1. The van der Waals surface area contributed by atoms with Gasteiger partial charge in [-0.3, -0.25) is 24.5 Å². The van der Waals surface area contributed by atoms with E-state index in [1.54, 1.807) is 0 Å². The second-order valence-corrected chi connectivity index (χ2v) is 7.94. The largest absolute Gasteiger partial charge is 0.486 e. The molecule has 4 heterocycles. The molecule has 0 bridgehead atoms. The number of carbonyl (C=O) groups is 1. The summed E-state index contributed by atoms with van der Waals surface area (Å²) in [4.78, 5) is 14.8. The third kappa shape index (κ3) is 3.46. The van der Waals surface area contributed by atoms with Gasteiger partial charge in [0.05, 0.1) is 30.3 Å². The maximum atomic E-state index is 13.3. The first-order valence-corrected chi connectivity index (χ1v) is 9.64. The van der Waals surface area contributed by atoms with E-state index in [-0.39, 0.29) is 30.6 Å². The fourth-order valence-corrected chi connectivity index (χ4v) is 4.84. The van der Waals surface area contributed by atoms with Crippen LogP contribution in [0.25, 0.3) is 0 Å². The monoisotopic (exact) mass is 389 g/mol.